The van der Waals surface area contributed by atoms with Crippen molar-refractivity contribution in [3.05, 3.63) is 35.6 Å². The first-order chi connectivity index (χ1) is 10.7. The highest BCUT2D eigenvalue weighted by Crippen LogP contribution is 2.09. The van der Waals surface area contributed by atoms with Gasteiger partial charge in [0.25, 0.3) is 0 Å². The Kier molecular flexibility index (Phi) is 7.00. The molecule has 23 heavy (non-hydrogen) atoms. The molecule has 2 amide bonds. The van der Waals surface area contributed by atoms with Crippen molar-refractivity contribution in [1.29, 1.82) is 0 Å². The molecule has 130 valence electrons. The van der Waals surface area contributed by atoms with E-state index in [0.29, 0.717) is 12.0 Å². The van der Waals surface area contributed by atoms with Gasteiger partial charge in [0.15, 0.2) is 9.84 Å². The number of amides is 2. The van der Waals surface area contributed by atoms with Crippen LogP contribution in [-0.2, 0) is 16.3 Å². The molecule has 5 nitrogen and oxygen atoms in total. The van der Waals surface area contributed by atoms with Gasteiger partial charge in [0.2, 0.25) is 0 Å². The molecule has 0 saturated carbocycles. The molecule has 7 heteroatoms. The van der Waals surface area contributed by atoms with Crippen LogP contribution in [0.4, 0.5) is 9.18 Å². The van der Waals surface area contributed by atoms with Gasteiger partial charge in [0.1, 0.15) is 5.82 Å². The summed E-state index contributed by atoms with van der Waals surface area (Å²) in [6.07, 6.45) is 0.369. The van der Waals surface area contributed by atoms with E-state index in [1.165, 1.54) is 11.0 Å². The topological polar surface area (TPSA) is 66.5 Å². The summed E-state index contributed by atoms with van der Waals surface area (Å²) in [6.45, 7) is 5.05. The van der Waals surface area contributed by atoms with Gasteiger partial charge in [0.05, 0.1) is 5.75 Å². The number of urea groups is 1. The molecule has 0 spiro atoms. The maximum Gasteiger partial charge on any atom is 0.317 e. The fourth-order valence-electron chi connectivity index (χ4n) is 2.15. The third-order valence-corrected chi connectivity index (χ3v) is 5.64. The van der Waals surface area contributed by atoms with Gasteiger partial charge < -0.3 is 10.2 Å². The first-order valence-electron chi connectivity index (χ1n) is 7.63. The van der Waals surface area contributed by atoms with Crippen molar-refractivity contribution in [2.75, 3.05) is 18.6 Å². The van der Waals surface area contributed by atoms with Crippen molar-refractivity contribution in [2.45, 2.75) is 39.3 Å². The number of hydrogen-bond acceptors (Lipinski definition) is 3. The van der Waals surface area contributed by atoms with Crippen LogP contribution in [0.2, 0.25) is 0 Å². The fraction of sp³-hybridized carbons (Fsp3) is 0.562. The third-order valence-electron chi connectivity index (χ3n) is 3.77. The van der Waals surface area contributed by atoms with Crippen LogP contribution in [0.25, 0.3) is 0 Å². The molecule has 0 fully saturated rings. The molecule has 1 aromatic carbocycles. The van der Waals surface area contributed by atoms with Crippen LogP contribution in [0.3, 0.4) is 0 Å². The second kappa shape index (κ2) is 8.29. The standard InChI is InChI=1S/C16H25FN2O3S/c1-5-23(21,22)11-13(3)19(4)16(20)18-12(2)10-14-8-6-7-9-15(14)17/h6-9,12-13H,5,10-11H2,1-4H3,(H,18,20). The van der Waals surface area contributed by atoms with Crippen LogP contribution in [0.5, 0.6) is 0 Å². The van der Waals surface area contributed by atoms with Crippen molar-refractivity contribution in [3.63, 3.8) is 0 Å². The smallest absolute Gasteiger partial charge is 0.317 e. The fourth-order valence-corrected chi connectivity index (χ4v) is 3.35. The zero-order valence-electron chi connectivity index (χ0n) is 14.0. The van der Waals surface area contributed by atoms with Crippen LogP contribution < -0.4 is 5.32 Å². The number of rotatable bonds is 7. The second-order valence-electron chi connectivity index (χ2n) is 5.80. The van der Waals surface area contributed by atoms with E-state index in [9.17, 15) is 17.6 Å². The Labute approximate surface area is 137 Å². The summed E-state index contributed by atoms with van der Waals surface area (Å²) >= 11 is 0. The van der Waals surface area contributed by atoms with E-state index in [2.05, 4.69) is 5.32 Å². The van der Waals surface area contributed by atoms with Crippen LogP contribution >= 0.6 is 0 Å². The first-order valence-corrected chi connectivity index (χ1v) is 9.45. The van der Waals surface area contributed by atoms with Crippen molar-refractivity contribution in [1.82, 2.24) is 10.2 Å². The predicted octanol–water partition coefficient (Wildman–Crippen LogP) is 2.22. The molecule has 1 rings (SSSR count). The molecule has 0 aliphatic rings. The number of carbonyl (C=O) groups excluding carboxylic acids is 1. The number of carbonyl (C=O) groups is 1. The number of sulfone groups is 1. The minimum absolute atomic E-state index is 0.0521. The summed E-state index contributed by atoms with van der Waals surface area (Å²) in [4.78, 5) is 13.5. The van der Waals surface area contributed by atoms with Crippen molar-refractivity contribution in [3.8, 4) is 0 Å². The van der Waals surface area contributed by atoms with E-state index in [1.807, 2.05) is 0 Å². The van der Waals surface area contributed by atoms with Gasteiger partial charge in [-0.1, -0.05) is 25.1 Å². The molecule has 2 unspecified atom stereocenters. The number of halogens is 1. The number of nitrogens with one attached hydrogen (secondary N) is 1. The molecule has 0 saturated heterocycles. The SMILES string of the molecule is CCS(=O)(=O)CC(C)N(C)C(=O)NC(C)Cc1ccccc1F. The van der Waals surface area contributed by atoms with Gasteiger partial charge >= 0.3 is 6.03 Å². The van der Waals surface area contributed by atoms with E-state index in [4.69, 9.17) is 0 Å². The monoisotopic (exact) mass is 344 g/mol. The Morgan fingerprint density at radius 2 is 1.91 bits per heavy atom. The quantitative estimate of drug-likeness (QED) is 0.825. The lowest BCUT2D eigenvalue weighted by molar-refractivity contribution is 0.194. The Balaban J connectivity index is 2.59. The van der Waals surface area contributed by atoms with Crippen molar-refractivity contribution in [2.24, 2.45) is 0 Å². The largest absolute Gasteiger partial charge is 0.335 e. The van der Waals surface area contributed by atoms with Crippen molar-refractivity contribution < 1.29 is 17.6 Å². The molecule has 0 aromatic heterocycles. The van der Waals surface area contributed by atoms with Crippen LogP contribution in [0.1, 0.15) is 26.3 Å². The van der Waals surface area contributed by atoms with Gasteiger partial charge in [-0.25, -0.2) is 17.6 Å². The van der Waals surface area contributed by atoms with E-state index in [-0.39, 0.29) is 29.4 Å². The van der Waals surface area contributed by atoms with Crippen LogP contribution in [-0.4, -0.2) is 50.0 Å². The van der Waals surface area contributed by atoms with E-state index < -0.39 is 15.9 Å². The lowest BCUT2D eigenvalue weighted by Gasteiger charge is -2.27. The third kappa shape index (κ3) is 6.17. The lowest BCUT2D eigenvalue weighted by Crippen LogP contribution is -2.48. The average molecular weight is 344 g/mol. The summed E-state index contributed by atoms with van der Waals surface area (Å²) in [7, 11) is -1.59. The molecule has 1 N–H and O–H groups in total. The number of hydrogen-bond donors (Lipinski definition) is 1. The number of nitrogens with zero attached hydrogens (tertiary/aromatic N) is 1. The van der Waals surface area contributed by atoms with Gasteiger partial charge in [0, 0.05) is 24.9 Å². The van der Waals surface area contributed by atoms with Gasteiger partial charge in [-0.05, 0) is 31.9 Å². The maximum absolute atomic E-state index is 13.6. The lowest BCUT2D eigenvalue weighted by atomic mass is 10.1. The predicted molar refractivity (Wildman–Crippen MR) is 89.7 cm³/mol. The normalized spacial score (nSPS) is 14.1. The highest BCUT2D eigenvalue weighted by molar-refractivity contribution is 7.91. The maximum atomic E-state index is 13.6. The molecule has 0 aliphatic heterocycles. The van der Waals surface area contributed by atoms with Gasteiger partial charge in [-0.15, -0.1) is 0 Å². The first kappa shape index (κ1) is 19.4. The molecule has 2 atom stereocenters. The highest BCUT2D eigenvalue weighted by atomic mass is 32.2. The zero-order valence-corrected chi connectivity index (χ0v) is 14.9. The molecule has 0 radical (unpaired) electrons. The Hall–Kier alpha value is -1.63. The Morgan fingerprint density at radius 1 is 1.30 bits per heavy atom. The molecular formula is C16H25FN2O3S. The minimum Gasteiger partial charge on any atom is -0.335 e. The Bertz CT molecular complexity index is 634. The summed E-state index contributed by atoms with van der Waals surface area (Å²) in [6, 6.07) is 5.36. The van der Waals surface area contributed by atoms with Crippen LogP contribution in [0.15, 0.2) is 24.3 Å². The van der Waals surface area contributed by atoms with Gasteiger partial charge in [-0.2, -0.15) is 0 Å². The minimum atomic E-state index is -3.15. The van der Waals surface area contributed by atoms with Crippen LogP contribution in [0, 0.1) is 5.82 Å². The molecule has 0 bridgehead atoms. The summed E-state index contributed by atoms with van der Waals surface area (Å²) < 4.78 is 36.9. The summed E-state index contributed by atoms with van der Waals surface area (Å²) in [5.41, 5.74) is 0.532. The molecule has 1 aromatic rings. The van der Waals surface area contributed by atoms with E-state index in [1.54, 1.807) is 46.0 Å². The highest BCUT2D eigenvalue weighted by Gasteiger charge is 2.22. The average Bonchev–Trinajstić information content (AvgIpc) is 2.48. The molecule has 0 heterocycles. The van der Waals surface area contributed by atoms with Gasteiger partial charge in [-0.3, -0.25) is 0 Å². The molecular weight excluding hydrogens is 319 g/mol. The summed E-state index contributed by atoms with van der Waals surface area (Å²) in [5, 5.41) is 2.77. The van der Waals surface area contributed by atoms with Crippen molar-refractivity contribution >= 4 is 15.9 Å². The number of benzene rings is 1. The summed E-state index contributed by atoms with van der Waals surface area (Å²) in [5.74, 6) is -0.324. The van der Waals surface area contributed by atoms with E-state index >= 15 is 0 Å². The molecule has 0 aliphatic carbocycles. The Morgan fingerprint density at radius 3 is 2.48 bits per heavy atom. The zero-order chi connectivity index (χ0) is 17.6. The van der Waals surface area contributed by atoms with E-state index in [0.717, 1.165) is 0 Å². The second-order valence-corrected chi connectivity index (χ2v) is 8.20.